The SMILES string of the molecule is COC(=O)C(F)(Cl)C(F)F. The Morgan fingerprint density at radius 1 is 1.70 bits per heavy atom. The van der Waals surface area contributed by atoms with Gasteiger partial charge in [0.2, 0.25) is 0 Å². The quantitative estimate of drug-likeness (QED) is 0.469. The topological polar surface area (TPSA) is 26.3 Å². The van der Waals surface area contributed by atoms with E-state index in [2.05, 4.69) is 16.3 Å². The van der Waals surface area contributed by atoms with Crippen LogP contribution in [0.15, 0.2) is 0 Å². The first-order chi connectivity index (χ1) is 4.42. The highest BCUT2D eigenvalue weighted by molar-refractivity contribution is 6.33. The van der Waals surface area contributed by atoms with E-state index in [1.807, 2.05) is 0 Å². The molecule has 6 heteroatoms. The van der Waals surface area contributed by atoms with Crippen LogP contribution in [0.3, 0.4) is 0 Å². The summed E-state index contributed by atoms with van der Waals surface area (Å²) in [5, 5.41) is -3.71. The molecule has 0 bridgehead atoms. The van der Waals surface area contributed by atoms with Crippen molar-refractivity contribution in [2.45, 2.75) is 11.6 Å². The summed E-state index contributed by atoms with van der Waals surface area (Å²) in [5.74, 6) is -1.79. The molecule has 0 spiro atoms. The van der Waals surface area contributed by atoms with Gasteiger partial charge in [-0.25, -0.2) is 18.0 Å². The number of alkyl halides is 4. The molecule has 0 N–H and O–H groups in total. The molecular formula is C4H4ClF3O2. The lowest BCUT2D eigenvalue weighted by atomic mass is 10.4. The largest absolute Gasteiger partial charge is 0.466 e. The van der Waals surface area contributed by atoms with Crippen molar-refractivity contribution in [3.8, 4) is 0 Å². The molecule has 0 saturated heterocycles. The Morgan fingerprint density at radius 3 is 2.20 bits per heavy atom. The van der Waals surface area contributed by atoms with Crippen LogP contribution in [-0.2, 0) is 9.53 Å². The Labute approximate surface area is 59.9 Å². The van der Waals surface area contributed by atoms with Gasteiger partial charge in [-0.2, -0.15) is 0 Å². The van der Waals surface area contributed by atoms with Crippen molar-refractivity contribution in [2.24, 2.45) is 0 Å². The molecule has 0 aromatic rings. The van der Waals surface area contributed by atoms with Gasteiger partial charge in [-0.15, -0.1) is 0 Å². The normalized spacial score (nSPS) is 16.6. The highest BCUT2D eigenvalue weighted by Crippen LogP contribution is 2.26. The number of carbonyl (C=O) groups excluding carboxylic acids is 1. The number of hydrogen-bond acceptors (Lipinski definition) is 2. The lowest BCUT2D eigenvalue weighted by Gasteiger charge is -2.12. The maximum atomic E-state index is 12.1. The minimum Gasteiger partial charge on any atom is -0.466 e. The molecule has 0 radical (unpaired) electrons. The van der Waals surface area contributed by atoms with Crippen molar-refractivity contribution in [1.29, 1.82) is 0 Å². The Hall–Kier alpha value is -0.450. The van der Waals surface area contributed by atoms with Crippen LogP contribution < -0.4 is 0 Å². The number of methoxy groups -OCH3 is 1. The number of ether oxygens (including phenoxy) is 1. The van der Waals surface area contributed by atoms with Crippen molar-refractivity contribution in [3.63, 3.8) is 0 Å². The van der Waals surface area contributed by atoms with Gasteiger partial charge < -0.3 is 4.74 Å². The Balaban J connectivity index is 4.24. The highest BCUT2D eigenvalue weighted by atomic mass is 35.5. The molecule has 0 aliphatic carbocycles. The van der Waals surface area contributed by atoms with Crippen molar-refractivity contribution in [3.05, 3.63) is 0 Å². The standard InChI is InChI=1S/C4H4ClF3O2/c1-10-3(9)4(5,8)2(6)7/h2H,1H3. The fourth-order valence-electron chi connectivity index (χ4n) is 0.225. The fraction of sp³-hybridized carbons (Fsp3) is 0.750. The van der Waals surface area contributed by atoms with Crippen LogP contribution in [-0.4, -0.2) is 24.6 Å². The summed E-state index contributed by atoms with van der Waals surface area (Å²) in [6.45, 7) is 0. The molecule has 0 amide bonds. The fourth-order valence-corrected chi connectivity index (χ4v) is 0.302. The van der Waals surface area contributed by atoms with Crippen molar-refractivity contribution in [2.75, 3.05) is 7.11 Å². The number of halogens is 4. The van der Waals surface area contributed by atoms with Crippen LogP contribution in [0.4, 0.5) is 13.2 Å². The van der Waals surface area contributed by atoms with Crippen LogP contribution in [0.25, 0.3) is 0 Å². The third-order valence-electron chi connectivity index (χ3n) is 0.732. The summed E-state index contributed by atoms with van der Waals surface area (Å²) in [4.78, 5) is 10.1. The Kier molecular flexibility index (Phi) is 2.96. The maximum absolute atomic E-state index is 12.1. The van der Waals surface area contributed by atoms with E-state index in [9.17, 15) is 18.0 Å². The molecule has 0 saturated carbocycles. The van der Waals surface area contributed by atoms with Crippen molar-refractivity contribution < 1.29 is 22.7 Å². The second-order valence-corrected chi connectivity index (χ2v) is 1.97. The van der Waals surface area contributed by atoms with Gasteiger partial charge in [0.1, 0.15) is 0 Å². The van der Waals surface area contributed by atoms with E-state index in [4.69, 9.17) is 0 Å². The smallest absolute Gasteiger partial charge is 0.365 e. The predicted molar refractivity (Wildman–Crippen MR) is 27.7 cm³/mol. The zero-order valence-corrected chi connectivity index (χ0v) is 5.66. The summed E-state index contributed by atoms with van der Waals surface area (Å²) in [5.41, 5.74) is 0. The zero-order valence-electron chi connectivity index (χ0n) is 4.91. The van der Waals surface area contributed by atoms with Gasteiger partial charge in [0.05, 0.1) is 7.11 Å². The van der Waals surface area contributed by atoms with Gasteiger partial charge in [-0.05, 0) is 0 Å². The molecule has 1 unspecified atom stereocenters. The Morgan fingerprint density at radius 2 is 2.10 bits per heavy atom. The van der Waals surface area contributed by atoms with E-state index in [1.165, 1.54) is 0 Å². The van der Waals surface area contributed by atoms with Gasteiger partial charge >= 0.3 is 11.1 Å². The van der Waals surface area contributed by atoms with E-state index < -0.39 is 17.5 Å². The zero-order chi connectivity index (χ0) is 8.36. The first-order valence-electron chi connectivity index (χ1n) is 2.17. The Bertz CT molecular complexity index is 136. The summed E-state index contributed by atoms with van der Waals surface area (Å²) in [6, 6.07) is 0. The molecule has 1 atom stereocenters. The number of hydrogen-bond donors (Lipinski definition) is 0. The van der Waals surface area contributed by atoms with Gasteiger partial charge in [-0.3, -0.25) is 0 Å². The molecule has 0 aromatic carbocycles. The van der Waals surface area contributed by atoms with Crippen LogP contribution in [0.1, 0.15) is 0 Å². The highest BCUT2D eigenvalue weighted by Gasteiger charge is 2.47. The summed E-state index contributed by atoms with van der Waals surface area (Å²) < 4.78 is 38.7. The van der Waals surface area contributed by atoms with Crippen LogP contribution >= 0.6 is 11.6 Å². The summed E-state index contributed by atoms with van der Waals surface area (Å²) in [7, 11) is 0.765. The van der Waals surface area contributed by atoms with Crippen LogP contribution in [0.5, 0.6) is 0 Å². The van der Waals surface area contributed by atoms with Crippen LogP contribution in [0.2, 0.25) is 0 Å². The van der Waals surface area contributed by atoms with Gasteiger partial charge in [0, 0.05) is 0 Å². The average Bonchev–Trinajstić information content (AvgIpc) is 1.86. The van der Waals surface area contributed by atoms with E-state index in [-0.39, 0.29) is 0 Å². The van der Waals surface area contributed by atoms with Gasteiger partial charge in [-0.1, -0.05) is 11.6 Å². The lowest BCUT2D eigenvalue weighted by molar-refractivity contribution is -0.156. The van der Waals surface area contributed by atoms with Crippen LogP contribution in [0, 0.1) is 0 Å². The lowest BCUT2D eigenvalue weighted by Crippen LogP contribution is -2.36. The van der Waals surface area contributed by atoms with E-state index in [1.54, 1.807) is 0 Å². The summed E-state index contributed by atoms with van der Waals surface area (Å²) >= 11 is 4.43. The van der Waals surface area contributed by atoms with Crippen molar-refractivity contribution in [1.82, 2.24) is 0 Å². The molecule has 0 rings (SSSR count). The molecule has 0 fully saturated rings. The third-order valence-corrected chi connectivity index (χ3v) is 1.05. The second kappa shape index (κ2) is 3.09. The number of esters is 1. The summed E-state index contributed by atoms with van der Waals surface area (Å²) in [6.07, 6.45) is -3.58. The predicted octanol–water partition coefficient (Wildman–Crippen LogP) is 1.33. The molecule has 0 aromatic heterocycles. The molecule has 2 nitrogen and oxygen atoms in total. The molecule has 60 valence electrons. The molecule has 0 aliphatic rings. The minimum atomic E-state index is -3.71. The van der Waals surface area contributed by atoms with E-state index >= 15 is 0 Å². The second-order valence-electron chi connectivity index (χ2n) is 1.42. The van der Waals surface area contributed by atoms with Crippen molar-refractivity contribution >= 4 is 17.6 Å². The molecule has 10 heavy (non-hydrogen) atoms. The van der Waals surface area contributed by atoms with E-state index in [0.717, 1.165) is 7.11 Å². The first kappa shape index (κ1) is 9.55. The molecular weight excluding hydrogens is 172 g/mol. The van der Waals surface area contributed by atoms with Gasteiger partial charge in [0.25, 0.3) is 6.43 Å². The van der Waals surface area contributed by atoms with E-state index in [0.29, 0.717) is 0 Å². The maximum Gasteiger partial charge on any atom is 0.365 e. The minimum absolute atomic E-state index is 0.765. The third kappa shape index (κ3) is 1.76. The first-order valence-corrected chi connectivity index (χ1v) is 2.55. The van der Waals surface area contributed by atoms with Gasteiger partial charge in [0.15, 0.2) is 0 Å². The number of rotatable bonds is 2. The molecule has 0 aliphatic heterocycles. The average molecular weight is 177 g/mol. The monoisotopic (exact) mass is 176 g/mol. The number of carbonyl (C=O) groups is 1. The molecule has 0 heterocycles.